The zero-order valence-electron chi connectivity index (χ0n) is 13.7. The molecule has 2 rings (SSSR count). The van der Waals surface area contributed by atoms with Crippen LogP contribution in [0.1, 0.15) is 46.0 Å². The van der Waals surface area contributed by atoms with Gasteiger partial charge in [-0.2, -0.15) is 0 Å². The van der Waals surface area contributed by atoms with Gasteiger partial charge in [0.15, 0.2) is 0 Å². The highest BCUT2D eigenvalue weighted by Crippen LogP contribution is 2.23. The molecule has 0 saturated carbocycles. The van der Waals surface area contributed by atoms with Gasteiger partial charge < -0.3 is 9.47 Å². The maximum absolute atomic E-state index is 12.4. The minimum Gasteiger partial charge on any atom is -0.462 e. The largest absolute Gasteiger partial charge is 0.462 e. The van der Waals surface area contributed by atoms with Crippen molar-refractivity contribution < 1.29 is 19.1 Å². The standard InChI is InChI=1S/C19H19ClO4/c1-3-4-11-23-18(21)15-7-5-6-8-16(15)19(22)24-17-10-9-14(20)12-13(17)2/h5-10,12H,3-4,11H2,1-2H3. The zero-order valence-corrected chi connectivity index (χ0v) is 14.4. The van der Waals surface area contributed by atoms with Gasteiger partial charge in [0.25, 0.3) is 0 Å². The van der Waals surface area contributed by atoms with Crippen molar-refractivity contribution in [3.63, 3.8) is 0 Å². The fourth-order valence-corrected chi connectivity index (χ4v) is 2.33. The van der Waals surface area contributed by atoms with E-state index in [1.807, 2.05) is 6.92 Å². The van der Waals surface area contributed by atoms with E-state index in [2.05, 4.69) is 0 Å². The molecule has 0 saturated heterocycles. The van der Waals surface area contributed by atoms with Gasteiger partial charge in [-0.05, 0) is 49.2 Å². The summed E-state index contributed by atoms with van der Waals surface area (Å²) in [5.41, 5.74) is 1.11. The summed E-state index contributed by atoms with van der Waals surface area (Å²) >= 11 is 5.90. The molecule has 0 N–H and O–H groups in total. The maximum atomic E-state index is 12.4. The van der Waals surface area contributed by atoms with Gasteiger partial charge >= 0.3 is 11.9 Å². The molecule has 0 atom stereocenters. The minimum absolute atomic E-state index is 0.174. The predicted molar refractivity (Wildman–Crippen MR) is 92.8 cm³/mol. The Morgan fingerprint density at radius 1 is 1.04 bits per heavy atom. The molecule has 0 radical (unpaired) electrons. The summed E-state index contributed by atoms with van der Waals surface area (Å²) in [6.07, 6.45) is 1.70. The second-order valence-corrected chi connectivity index (χ2v) is 5.77. The lowest BCUT2D eigenvalue weighted by atomic mass is 10.1. The summed E-state index contributed by atoms with van der Waals surface area (Å²) in [6.45, 7) is 4.13. The first-order valence-corrected chi connectivity index (χ1v) is 8.15. The third kappa shape index (κ3) is 4.59. The summed E-state index contributed by atoms with van der Waals surface area (Å²) in [5, 5.41) is 0.562. The predicted octanol–water partition coefficient (Wildman–Crippen LogP) is 4.82. The van der Waals surface area contributed by atoms with Crippen molar-refractivity contribution in [2.75, 3.05) is 6.61 Å². The minimum atomic E-state index is -0.608. The SMILES string of the molecule is CCCCOC(=O)c1ccccc1C(=O)Oc1ccc(Cl)cc1C. The topological polar surface area (TPSA) is 52.6 Å². The van der Waals surface area contributed by atoms with Crippen LogP contribution in [0.2, 0.25) is 5.02 Å². The molecule has 126 valence electrons. The average Bonchev–Trinajstić information content (AvgIpc) is 2.57. The zero-order chi connectivity index (χ0) is 17.5. The third-order valence-corrected chi connectivity index (χ3v) is 3.67. The first-order valence-electron chi connectivity index (χ1n) is 7.77. The average molecular weight is 347 g/mol. The van der Waals surface area contributed by atoms with E-state index >= 15 is 0 Å². The van der Waals surface area contributed by atoms with Gasteiger partial charge in [0.05, 0.1) is 17.7 Å². The van der Waals surface area contributed by atoms with Crippen molar-refractivity contribution in [2.24, 2.45) is 0 Å². The second kappa shape index (κ2) is 8.50. The molecule has 0 aliphatic heterocycles. The van der Waals surface area contributed by atoms with Gasteiger partial charge in [-0.15, -0.1) is 0 Å². The van der Waals surface area contributed by atoms with Crippen LogP contribution < -0.4 is 4.74 Å². The van der Waals surface area contributed by atoms with Gasteiger partial charge in [-0.1, -0.05) is 37.1 Å². The molecule has 2 aromatic carbocycles. The van der Waals surface area contributed by atoms with Crippen LogP contribution in [0.5, 0.6) is 5.75 Å². The number of benzene rings is 2. The van der Waals surface area contributed by atoms with E-state index in [0.717, 1.165) is 18.4 Å². The summed E-state index contributed by atoms with van der Waals surface area (Å²) in [7, 11) is 0. The van der Waals surface area contributed by atoms with Gasteiger partial charge in [-0.3, -0.25) is 0 Å². The first-order chi connectivity index (χ1) is 11.5. The Labute approximate surface area is 146 Å². The molecule has 24 heavy (non-hydrogen) atoms. The molecule has 0 bridgehead atoms. The monoisotopic (exact) mass is 346 g/mol. The number of ether oxygens (including phenoxy) is 2. The van der Waals surface area contributed by atoms with Gasteiger partial charge in [0.2, 0.25) is 0 Å². The number of hydrogen-bond donors (Lipinski definition) is 0. The number of halogens is 1. The van der Waals surface area contributed by atoms with Crippen molar-refractivity contribution in [1.82, 2.24) is 0 Å². The van der Waals surface area contributed by atoms with Crippen molar-refractivity contribution in [3.8, 4) is 5.75 Å². The Morgan fingerprint density at radius 2 is 1.71 bits per heavy atom. The Morgan fingerprint density at radius 3 is 2.33 bits per heavy atom. The number of esters is 2. The van der Waals surface area contributed by atoms with E-state index < -0.39 is 11.9 Å². The van der Waals surface area contributed by atoms with Crippen molar-refractivity contribution in [3.05, 3.63) is 64.2 Å². The Kier molecular flexibility index (Phi) is 6.38. The van der Waals surface area contributed by atoms with Crippen molar-refractivity contribution in [1.29, 1.82) is 0 Å². The van der Waals surface area contributed by atoms with Crippen molar-refractivity contribution >= 4 is 23.5 Å². The van der Waals surface area contributed by atoms with E-state index in [-0.39, 0.29) is 11.1 Å². The molecule has 0 heterocycles. The lowest BCUT2D eigenvalue weighted by molar-refractivity contribution is 0.0491. The molecule has 0 unspecified atom stereocenters. The summed E-state index contributed by atoms with van der Waals surface area (Å²) < 4.78 is 10.6. The summed E-state index contributed by atoms with van der Waals surface area (Å²) in [5.74, 6) is -0.731. The molecule has 2 aromatic rings. The van der Waals surface area contributed by atoms with Crippen LogP contribution in [0.25, 0.3) is 0 Å². The van der Waals surface area contributed by atoms with Crippen LogP contribution >= 0.6 is 11.6 Å². The van der Waals surface area contributed by atoms with Crippen LogP contribution in [0.15, 0.2) is 42.5 Å². The fourth-order valence-electron chi connectivity index (χ4n) is 2.11. The molecular weight excluding hydrogens is 328 g/mol. The van der Waals surface area contributed by atoms with E-state index in [1.54, 1.807) is 49.4 Å². The Balaban J connectivity index is 2.19. The van der Waals surface area contributed by atoms with Crippen LogP contribution in [-0.4, -0.2) is 18.5 Å². The molecule has 0 aliphatic carbocycles. The summed E-state index contributed by atoms with van der Waals surface area (Å²) in [6, 6.07) is 11.4. The molecule has 5 heteroatoms. The molecule has 0 spiro atoms. The Hall–Kier alpha value is -2.33. The lowest BCUT2D eigenvalue weighted by Crippen LogP contribution is -2.16. The van der Waals surface area contributed by atoms with E-state index in [0.29, 0.717) is 17.4 Å². The lowest BCUT2D eigenvalue weighted by Gasteiger charge is -2.11. The molecule has 4 nitrogen and oxygen atoms in total. The second-order valence-electron chi connectivity index (χ2n) is 5.33. The van der Waals surface area contributed by atoms with E-state index in [4.69, 9.17) is 21.1 Å². The number of aryl methyl sites for hydroxylation is 1. The molecule has 0 aromatic heterocycles. The molecule has 0 fully saturated rings. The van der Waals surface area contributed by atoms with Gasteiger partial charge in [-0.25, -0.2) is 9.59 Å². The smallest absolute Gasteiger partial charge is 0.344 e. The quantitative estimate of drug-likeness (QED) is 0.427. The normalized spacial score (nSPS) is 10.3. The highest BCUT2D eigenvalue weighted by atomic mass is 35.5. The van der Waals surface area contributed by atoms with Gasteiger partial charge in [0, 0.05) is 5.02 Å². The molecule has 0 amide bonds. The highest BCUT2D eigenvalue weighted by Gasteiger charge is 2.20. The number of hydrogen-bond acceptors (Lipinski definition) is 4. The molecular formula is C19H19ClO4. The van der Waals surface area contributed by atoms with E-state index in [1.165, 1.54) is 0 Å². The van der Waals surface area contributed by atoms with Crippen LogP contribution in [0.4, 0.5) is 0 Å². The first kappa shape index (κ1) is 18.0. The summed E-state index contributed by atoms with van der Waals surface area (Å²) in [4.78, 5) is 24.6. The number of rotatable bonds is 6. The molecule has 0 aliphatic rings. The van der Waals surface area contributed by atoms with Gasteiger partial charge in [0.1, 0.15) is 5.75 Å². The maximum Gasteiger partial charge on any atom is 0.344 e. The van der Waals surface area contributed by atoms with Crippen LogP contribution in [0, 0.1) is 6.92 Å². The number of unbranched alkanes of at least 4 members (excludes halogenated alkanes) is 1. The number of carbonyl (C=O) groups is 2. The Bertz CT molecular complexity index is 740. The van der Waals surface area contributed by atoms with Crippen LogP contribution in [0.3, 0.4) is 0 Å². The van der Waals surface area contributed by atoms with Crippen molar-refractivity contribution in [2.45, 2.75) is 26.7 Å². The highest BCUT2D eigenvalue weighted by molar-refractivity contribution is 6.30. The fraction of sp³-hybridized carbons (Fsp3) is 0.263. The third-order valence-electron chi connectivity index (χ3n) is 3.44. The number of carbonyl (C=O) groups excluding carboxylic acids is 2. The van der Waals surface area contributed by atoms with E-state index in [9.17, 15) is 9.59 Å². The van der Waals surface area contributed by atoms with Crippen LogP contribution in [-0.2, 0) is 4.74 Å².